The van der Waals surface area contributed by atoms with Crippen LogP contribution >= 0.6 is 15.9 Å². The summed E-state index contributed by atoms with van der Waals surface area (Å²) in [5.74, 6) is 0.448. The summed E-state index contributed by atoms with van der Waals surface area (Å²) in [6, 6.07) is 8.77. The molecule has 19 heavy (non-hydrogen) atoms. The molecule has 1 aromatic rings. The lowest BCUT2D eigenvalue weighted by molar-refractivity contribution is 0.715. The van der Waals surface area contributed by atoms with Crippen LogP contribution in [0.15, 0.2) is 51.3 Å². The molecule has 0 spiro atoms. The van der Waals surface area contributed by atoms with Crippen LogP contribution in [0.4, 0.5) is 0 Å². The van der Waals surface area contributed by atoms with Gasteiger partial charge < -0.3 is 5.32 Å². The summed E-state index contributed by atoms with van der Waals surface area (Å²) >= 11 is 3.52. The fourth-order valence-corrected chi connectivity index (χ4v) is 3.35. The zero-order valence-corrected chi connectivity index (χ0v) is 13.8. The molecular formula is C17H22BrN. The average molecular weight is 320 g/mol. The highest BCUT2D eigenvalue weighted by molar-refractivity contribution is 9.10. The Bertz CT molecular complexity index is 497. The van der Waals surface area contributed by atoms with Crippen molar-refractivity contribution < 1.29 is 0 Å². The largest absolute Gasteiger partial charge is 0.363 e. The summed E-state index contributed by atoms with van der Waals surface area (Å²) in [5, 5.41) is 3.54. The van der Waals surface area contributed by atoms with Crippen molar-refractivity contribution >= 4 is 15.9 Å². The van der Waals surface area contributed by atoms with E-state index in [2.05, 4.69) is 73.2 Å². The standard InChI is InChI=1S/C17H22BrN/c1-5-15-11(3)19-12(4)16(6-2)17(15)13-7-9-14(18)10-8-13/h7-10,17,19H,5-6H2,1-4H3. The Balaban J connectivity index is 2.53. The number of hydrogen-bond donors (Lipinski definition) is 1. The highest BCUT2D eigenvalue weighted by atomic mass is 79.9. The monoisotopic (exact) mass is 319 g/mol. The van der Waals surface area contributed by atoms with E-state index in [-0.39, 0.29) is 0 Å². The Morgan fingerprint density at radius 3 is 1.84 bits per heavy atom. The van der Waals surface area contributed by atoms with Gasteiger partial charge in [0.05, 0.1) is 0 Å². The van der Waals surface area contributed by atoms with Gasteiger partial charge in [-0.05, 0) is 55.5 Å². The minimum Gasteiger partial charge on any atom is -0.363 e. The van der Waals surface area contributed by atoms with E-state index in [0.29, 0.717) is 5.92 Å². The predicted octanol–water partition coefficient (Wildman–Crippen LogP) is 5.50. The molecule has 1 heterocycles. The Kier molecular flexibility index (Phi) is 4.51. The van der Waals surface area contributed by atoms with Crippen LogP contribution in [-0.4, -0.2) is 0 Å². The summed E-state index contributed by atoms with van der Waals surface area (Å²) in [6.45, 7) is 8.89. The van der Waals surface area contributed by atoms with E-state index in [9.17, 15) is 0 Å². The van der Waals surface area contributed by atoms with Crippen LogP contribution in [0.5, 0.6) is 0 Å². The number of halogens is 1. The van der Waals surface area contributed by atoms with Crippen molar-refractivity contribution in [2.24, 2.45) is 0 Å². The molecule has 1 nitrogen and oxygen atoms in total. The summed E-state index contributed by atoms with van der Waals surface area (Å²) in [6.07, 6.45) is 2.19. The molecule has 102 valence electrons. The molecule has 2 heteroatoms. The molecule has 1 aromatic carbocycles. The zero-order chi connectivity index (χ0) is 14.0. The lowest BCUT2D eigenvalue weighted by Crippen LogP contribution is -2.24. The number of benzene rings is 1. The van der Waals surface area contributed by atoms with Crippen molar-refractivity contribution in [3.8, 4) is 0 Å². The molecule has 0 aliphatic carbocycles. The molecule has 2 rings (SSSR count). The summed E-state index contributed by atoms with van der Waals surface area (Å²) < 4.78 is 1.14. The maximum absolute atomic E-state index is 3.54. The zero-order valence-electron chi connectivity index (χ0n) is 12.2. The van der Waals surface area contributed by atoms with E-state index in [4.69, 9.17) is 0 Å². The van der Waals surface area contributed by atoms with E-state index >= 15 is 0 Å². The normalized spacial score (nSPS) is 16.9. The molecular weight excluding hydrogens is 298 g/mol. The van der Waals surface area contributed by atoms with E-state index < -0.39 is 0 Å². The summed E-state index contributed by atoms with van der Waals surface area (Å²) in [4.78, 5) is 0. The second-order valence-corrected chi connectivity index (χ2v) is 6.03. The van der Waals surface area contributed by atoms with Gasteiger partial charge in [0, 0.05) is 21.8 Å². The van der Waals surface area contributed by atoms with Gasteiger partial charge in [-0.3, -0.25) is 0 Å². The first-order valence-corrected chi connectivity index (χ1v) is 7.79. The first-order chi connectivity index (χ1) is 9.08. The first-order valence-electron chi connectivity index (χ1n) is 7.00. The van der Waals surface area contributed by atoms with E-state index in [1.807, 2.05) is 0 Å². The van der Waals surface area contributed by atoms with Crippen LogP contribution in [0.25, 0.3) is 0 Å². The number of nitrogens with one attached hydrogen (secondary N) is 1. The van der Waals surface area contributed by atoms with Crippen LogP contribution in [-0.2, 0) is 0 Å². The van der Waals surface area contributed by atoms with Gasteiger partial charge in [-0.2, -0.15) is 0 Å². The molecule has 0 amide bonds. The van der Waals surface area contributed by atoms with Gasteiger partial charge in [-0.15, -0.1) is 0 Å². The quantitative estimate of drug-likeness (QED) is 0.775. The smallest absolute Gasteiger partial charge is 0.0297 e. The van der Waals surface area contributed by atoms with Crippen LogP contribution in [0.2, 0.25) is 0 Å². The Labute approximate surface area is 124 Å². The number of hydrogen-bond acceptors (Lipinski definition) is 1. The Morgan fingerprint density at radius 2 is 1.42 bits per heavy atom. The third kappa shape index (κ3) is 2.79. The molecule has 0 atom stereocenters. The Hall–Kier alpha value is -1.02. The van der Waals surface area contributed by atoms with Crippen molar-refractivity contribution in [1.82, 2.24) is 5.32 Å². The van der Waals surface area contributed by atoms with Gasteiger partial charge in [-0.25, -0.2) is 0 Å². The van der Waals surface area contributed by atoms with Gasteiger partial charge in [-0.1, -0.05) is 41.9 Å². The van der Waals surface area contributed by atoms with Crippen molar-refractivity contribution in [2.45, 2.75) is 46.5 Å². The van der Waals surface area contributed by atoms with Crippen LogP contribution in [0.3, 0.4) is 0 Å². The van der Waals surface area contributed by atoms with Crippen molar-refractivity contribution in [3.63, 3.8) is 0 Å². The highest BCUT2D eigenvalue weighted by Gasteiger charge is 2.26. The molecule has 0 aromatic heterocycles. The molecule has 1 aliphatic rings. The fraction of sp³-hybridized carbons (Fsp3) is 0.412. The molecule has 0 unspecified atom stereocenters. The van der Waals surface area contributed by atoms with Crippen molar-refractivity contribution in [3.05, 3.63) is 56.8 Å². The van der Waals surface area contributed by atoms with Crippen molar-refractivity contribution in [2.75, 3.05) is 0 Å². The van der Waals surface area contributed by atoms with Crippen LogP contribution in [0.1, 0.15) is 52.0 Å². The predicted molar refractivity (Wildman–Crippen MR) is 86.0 cm³/mol. The van der Waals surface area contributed by atoms with Gasteiger partial charge in [0.15, 0.2) is 0 Å². The van der Waals surface area contributed by atoms with Gasteiger partial charge >= 0.3 is 0 Å². The second kappa shape index (κ2) is 5.96. The van der Waals surface area contributed by atoms with Crippen molar-refractivity contribution in [1.29, 1.82) is 0 Å². The molecule has 1 N–H and O–H groups in total. The lowest BCUT2D eigenvalue weighted by Gasteiger charge is -2.32. The lowest BCUT2D eigenvalue weighted by atomic mass is 9.78. The molecule has 1 aliphatic heterocycles. The second-order valence-electron chi connectivity index (χ2n) is 5.12. The van der Waals surface area contributed by atoms with Gasteiger partial charge in [0.2, 0.25) is 0 Å². The van der Waals surface area contributed by atoms with Crippen LogP contribution < -0.4 is 5.32 Å². The fourth-order valence-electron chi connectivity index (χ4n) is 3.08. The minimum absolute atomic E-state index is 0.448. The number of rotatable bonds is 3. The van der Waals surface area contributed by atoms with E-state index in [1.165, 1.54) is 28.1 Å². The van der Waals surface area contributed by atoms with E-state index in [0.717, 1.165) is 17.3 Å². The average Bonchev–Trinajstić information content (AvgIpc) is 2.39. The molecule has 0 radical (unpaired) electrons. The SMILES string of the molecule is CCC1=C(C)NC(C)=C(CC)C1c1ccc(Br)cc1. The number of dihydropyridines is 1. The molecule has 0 saturated heterocycles. The highest BCUT2D eigenvalue weighted by Crippen LogP contribution is 2.40. The third-order valence-corrected chi connectivity index (χ3v) is 4.53. The Morgan fingerprint density at radius 1 is 0.947 bits per heavy atom. The van der Waals surface area contributed by atoms with Gasteiger partial charge in [0.25, 0.3) is 0 Å². The van der Waals surface area contributed by atoms with Gasteiger partial charge in [0.1, 0.15) is 0 Å². The molecule has 0 fully saturated rings. The van der Waals surface area contributed by atoms with Crippen LogP contribution in [0, 0.1) is 0 Å². The first kappa shape index (κ1) is 14.4. The van der Waals surface area contributed by atoms with E-state index in [1.54, 1.807) is 0 Å². The maximum atomic E-state index is 3.54. The third-order valence-electron chi connectivity index (χ3n) is 4.00. The molecule has 0 bridgehead atoms. The molecule has 0 saturated carbocycles. The summed E-state index contributed by atoms with van der Waals surface area (Å²) in [5.41, 5.74) is 7.09. The summed E-state index contributed by atoms with van der Waals surface area (Å²) in [7, 11) is 0. The maximum Gasteiger partial charge on any atom is 0.0297 e. The topological polar surface area (TPSA) is 12.0 Å². The minimum atomic E-state index is 0.448. The number of allylic oxidation sites excluding steroid dienone is 4.